The lowest BCUT2D eigenvalue weighted by Crippen LogP contribution is -2.05. The molecule has 0 bridgehead atoms. The van der Waals surface area contributed by atoms with E-state index >= 15 is 0 Å². The second-order valence-electron chi connectivity index (χ2n) is 2.87. The normalized spacial score (nSPS) is 13.5. The molecular formula is C8H9ClN4. The van der Waals surface area contributed by atoms with Crippen molar-refractivity contribution in [2.24, 2.45) is 5.73 Å². The van der Waals surface area contributed by atoms with Crippen LogP contribution in [0.15, 0.2) is 18.3 Å². The topological polar surface area (TPSA) is 56.2 Å². The minimum atomic E-state index is -0.172. The van der Waals surface area contributed by atoms with E-state index in [1.807, 2.05) is 19.1 Å². The van der Waals surface area contributed by atoms with E-state index in [4.69, 9.17) is 17.3 Å². The molecule has 0 aliphatic heterocycles. The smallest absolute Gasteiger partial charge is 0.156 e. The maximum atomic E-state index is 6.01. The van der Waals surface area contributed by atoms with Gasteiger partial charge in [-0.25, -0.2) is 9.50 Å². The minimum Gasteiger partial charge on any atom is -0.323 e. The number of hydrogen-bond donors (Lipinski definition) is 1. The average Bonchev–Trinajstić information content (AvgIpc) is 2.45. The number of halogens is 1. The number of nitrogens with two attached hydrogens (primary N) is 1. The summed E-state index contributed by atoms with van der Waals surface area (Å²) < 4.78 is 1.57. The number of imidazole rings is 1. The summed E-state index contributed by atoms with van der Waals surface area (Å²) in [7, 11) is 0. The first-order chi connectivity index (χ1) is 6.20. The number of aromatic nitrogens is 3. The minimum absolute atomic E-state index is 0.172. The maximum absolute atomic E-state index is 6.01. The maximum Gasteiger partial charge on any atom is 0.156 e. The van der Waals surface area contributed by atoms with Crippen LogP contribution in [0.4, 0.5) is 0 Å². The van der Waals surface area contributed by atoms with E-state index in [1.165, 1.54) is 0 Å². The van der Waals surface area contributed by atoms with E-state index in [0.717, 1.165) is 5.65 Å². The molecule has 0 aliphatic rings. The molecule has 0 spiro atoms. The molecule has 2 heterocycles. The molecule has 13 heavy (non-hydrogen) atoms. The van der Waals surface area contributed by atoms with Crippen LogP contribution in [0.1, 0.15) is 18.7 Å². The molecule has 2 N–H and O–H groups in total. The Kier molecular flexibility index (Phi) is 1.94. The van der Waals surface area contributed by atoms with Crippen LogP contribution in [-0.4, -0.2) is 14.6 Å². The zero-order chi connectivity index (χ0) is 9.42. The highest BCUT2D eigenvalue weighted by Crippen LogP contribution is 2.20. The summed E-state index contributed by atoms with van der Waals surface area (Å²) >= 11 is 6.01. The molecule has 0 saturated carbocycles. The summed E-state index contributed by atoms with van der Waals surface area (Å²) in [5, 5.41) is 4.54. The predicted molar refractivity (Wildman–Crippen MR) is 50.6 cm³/mol. The molecule has 2 rings (SSSR count). The van der Waals surface area contributed by atoms with Gasteiger partial charge in [0.05, 0.1) is 5.69 Å². The summed E-state index contributed by atoms with van der Waals surface area (Å²) in [4.78, 5) is 4.26. The fourth-order valence-corrected chi connectivity index (χ4v) is 1.51. The van der Waals surface area contributed by atoms with Gasteiger partial charge in [-0.05, 0) is 19.1 Å². The molecule has 0 aromatic carbocycles. The Bertz CT molecular complexity index is 435. The van der Waals surface area contributed by atoms with Crippen LogP contribution in [0.25, 0.3) is 5.65 Å². The molecule has 2 aromatic heterocycles. The second kappa shape index (κ2) is 2.97. The van der Waals surface area contributed by atoms with Crippen molar-refractivity contribution < 1.29 is 0 Å². The third-order valence-electron chi connectivity index (χ3n) is 1.79. The second-order valence-corrected chi connectivity index (χ2v) is 3.23. The Morgan fingerprint density at radius 3 is 3.00 bits per heavy atom. The van der Waals surface area contributed by atoms with Gasteiger partial charge in [0.1, 0.15) is 0 Å². The van der Waals surface area contributed by atoms with E-state index in [1.54, 1.807) is 10.7 Å². The lowest BCUT2D eigenvalue weighted by Gasteiger charge is -1.98. The van der Waals surface area contributed by atoms with Crippen LogP contribution in [-0.2, 0) is 0 Å². The predicted octanol–water partition coefficient (Wildman–Crippen LogP) is 1.40. The molecule has 1 unspecified atom stereocenters. The monoisotopic (exact) mass is 196 g/mol. The SMILES string of the molecule is CC(N)c1nc2cccnn2c1Cl. The van der Waals surface area contributed by atoms with Gasteiger partial charge in [-0.3, -0.25) is 0 Å². The Balaban J connectivity index is 2.74. The average molecular weight is 197 g/mol. The lowest BCUT2D eigenvalue weighted by atomic mass is 10.3. The number of hydrogen-bond acceptors (Lipinski definition) is 3. The van der Waals surface area contributed by atoms with Gasteiger partial charge in [-0.15, -0.1) is 0 Å². The highest BCUT2D eigenvalue weighted by Gasteiger charge is 2.13. The van der Waals surface area contributed by atoms with Gasteiger partial charge in [0.15, 0.2) is 10.8 Å². The summed E-state index contributed by atoms with van der Waals surface area (Å²) in [5.41, 5.74) is 7.09. The molecule has 5 heteroatoms. The zero-order valence-electron chi connectivity index (χ0n) is 7.11. The van der Waals surface area contributed by atoms with E-state index in [2.05, 4.69) is 10.1 Å². The summed E-state index contributed by atoms with van der Waals surface area (Å²) in [5.74, 6) is 0. The van der Waals surface area contributed by atoms with Crippen molar-refractivity contribution in [3.05, 3.63) is 29.2 Å². The van der Waals surface area contributed by atoms with Crippen LogP contribution >= 0.6 is 11.6 Å². The first-order valence-corrected chi connectivity index (χ1v) is 4.32. The third-order valence-corrected chi connectivity index (χ3v) is 2.15. The van der Waals surface area contributed by atoms with Gasteiger partial charge in [0.2, 0.25) is 0 Å². The van der Waals surface area contributed by atoms with Crippen molar-refractivity contribution in [2.75, 3.05) is 0 Å². The van der Waals surface area contributed by atoms with Gasteiger partial charge >= 0.3 is 0 Å². The molecular weight excluding hydrogens is 188 g/mol. The van der Waals surface area contributed by atoms with E-state index in [0.29, 0.717) is 10.8 Å². The van der Waals surface area contributed by atoms with Crippen LogP contribution in [0.5, 0.6) is 0 Å². The van der Waals surface area contributed by atoms with Crippen molar-refractivity contribution in [1.82, 2.24) is 14.6 Å². The lowest BCUT2D eigenvalue weighted by molar-refractivity contribution is 0.788. The van der Waals surface area contributed by atoms with Crippen molar-refractivity contribution in [1.29, 1.82) is 0 Å². The molecule has 4 nitrogen and oxygen atoms in total. The first kappa shape index (κ1) is 8.47. The molecule has 0 radical (unpaired) electrons. The molecule has 1 atom stereocenters. The zero-order valence-corrected chi connectivity index (χ0v) is 7.86. The van der Waals surface area contributed by atoms with Crippen molar-refractivity contribution >= 4 is 17.2 Å². The van der Waals surface area contributed by atoms with Crippen molar-refractivity contribution in [3.63, 3.8) is 0 Å². The number of nitrogens with zero attached hydrogens (tertiary/aromatic N) is 3. The van der Waals surface area contributed by atoms with Crippen molar-refractivity contribution in [3.8, 4) is 0 Å². The van der Waals surface area contributed by atoms with Crippen LogP contribution in [0.2, 0.25) is 5.15 Å². The van der Waals surface area contributed by atoms with Gasteiger partial charge in [-0.2, -0.15) is 5.10 Å². The quantitative estimate of drug-likeness (QED) is 0.750. The van der Waals surface area contributed by atoms with Crippen LogP contribution in [0, 0.1) is 0 Å². The van der Waals surface area contributed by atoms with Gasteiger partial charge < -0.3 is 5.73 Å². The van der Waals surface area contributed by atoms with Gasteiger partial charge in [0.25, 0.3) is 0 Å². The molecule has 0 fully saturated rings. The van der Waals surface area contributed by atoms with Crippen molar-refractivity contribution in [2.45, 2.75) is 13.0 Å². The molecule has 0 aliphatic carbocycles. The third kappa shape index (κ3) is 1.28. The highest BCUT2D eigenvalue weighted by molar-refractivity contribution is 6.30. The number of rotatable bonds is 1. The summed E-state index contributed by atoms with van der Waals surface area (Å²) in [6.45, 7) is 1.84. The highest BCUT2D eigenvalue weighted by atomic mass is 35.5. The van der Waals surface area contributed by atoms with Gasteiger partial charge in [-0.1, -0.05) is 11.6 Å². The van der Waals surface area contributed by atoms with E-state index in [9.17, 15) is 0 Å². The summed E-state index contributed by atoms with van der Waals surface area (Å²) in [6.07, 6.45) is 1.66. The van der Waals surface area contributed by atoms with Crippen LogP contribution < -0.4 is 5.73 Å². The van der Waals surface area contributed by atoms with E-state index < -0.39 is 0 Å². The Morgan fingerprint density at radius 2 is 2.38 bits per heavy atom. The largest absolute Gasteiger partial charge is 0.323 e. The summed E-state index contributed by atoms with van der Waals surface area (Å²) in [6, 6.07) is 3.48. The first-order valence-electron chi connectivity index (χ1n) is 3.95. The Morgan fingerprint density at radius 1 is 1.62 bits per heavy atom. The molecule has 0 saturated heterocycles. The fourth-order valence-electron chi connectivity index (χ4n) is 1.17. The fraction of sp³-hybridized carbons (Fsp3) is 0.250. The Labute approximate surface area is 80.3 Å². The van der Waals surface area contributed by atoms with E-state index in [-0.39, 0.29) is 6.04 Å². The van der Waals surface area contributed by atoms with Gasteiger partial charge in [0, 0.05) is 12.2 Å². The molecule has 0 amide bonds. The Hall–Kier alpha value is -1.13. The van der Waals surface area contributed by atoms with Crippen LogP contribution in [0.3, 0.4) is 0 Å². The molecule has 68 valence electrons. The molecule has 2 aromatic rings. The standard InChI is InChI=1S/C8H9ClN4/c1-5(10)7-8(9)13-6(12-7)3-2-4-11-13/h2-5H,10H2,1H3. The number of fused-ring (bicyclic) bond motifs is 1.